The number of aliphatic carboxylic acids is 1. The predicted octanol–water partition coefficient (Wildman–Crippen LogP) is 2.62. The fourth-order valence-corrected chi connectivity index (χ4v) is 2.39. The summed E-state index contributed by atoms with van der Waals surface area (Å²) in [6.45, 7) is -0.207. The molecule has 11 heteroatoms. The van der Waals surface area contributed by atoms with Crippen molar-refractivity contribution in [2.24, 2.45) is 11.8 Å². The van der Waals surface area contributed by atoms with Crippen LogP contribution in [-0.4, -0.2) is 53.5 Å². The molecule has 5 nitrogen and oxygen atoms in total. The second-order valence-corrected chi connectivity index (χ2v) is 5.37. The molecule has 1 aliphatic heterocycles. The number of likely N-dealkylation sites (tertiary alicyclic amines) is 1. The molecule has 1 heterocycles. The summed E-state index contributed by atoms with van der Waals surface area (Å²) in [6.07, 6.45) is -10.7. The van der Waals surface area contributed by atoms with E-state index >= 15 is 0 Å². The molecule has 2 N–H and O–H groups in total. The second kappa shape index (κ2) is 6.83. The maximum Gasteiger partial charge on any atom is 0.394 e. The Hall–Kier alpha value is -1.68. The first kappa shape index (κ1) is 19.4. The highest BCUT2D eigenvalue weighted by atomic mass is 19.4. The van der Waals surface area contributed by atoms with Gasteiger partial charge in [0.1, 0.15) is 0 Å². The molecule has 3 atom stereocenters. The van der Waals surface area contributed by atoms with Gasteiger partial charge in [0.05, 0.1) is 18.3 Å². The third-order valence-corrected chi connectivity index (χ3v) is 3.64. The Morgan fingerprint density at radius 1 is 1.22 bits per heavy atom. The van der Waals surface area contributed by atoms with E-state index in [9.17, 15) is 35.9 Å². The van der Waals surface area contributed by atoms with Gasteiger partial charge in [-0.3, -0.25) is 4.79 Å². The molecule has 1 rings (SSSR count). The van der Waals surface area contributed by atoms with Crippen molar-refractivity contribution in [3.63, 3.8) is 0 Å². The largest absolute Gasteiger partial charge is 0.481 e. The standard InChI is InChI=1S/C12H16F6N2O3/c1-2-6(3-11(13,14)15)19-10(23)20-4-7(9(21)22)8(5-20)12(16,17)18/h6-8H,2-5H2,1H3,(H,19,23)(H,21,22)/t6?,7-,8-/m1/s1. The van der Waals surface area contributed by atoms with Gasteiger partial charge < -0.3 is 15.3 Å². The van der Waals surface area contributed by atoms with Crippen molar-refractivity contribution >= 4 is 12.0 Å². The number of nitrogens with one attached hydrogen (secondary N) is 1. The lowest BCUT2D eigenvalue weighted by Crippen LogP contribution is -2.45. The Morgan fingerprint density at radius 3 is 2.13 bits per heavy atom. The summed E-state index contributed by atoms with van der Waals surface area (Å²) in [5.41, 5.74) is 0. The first-order valence-electron chi connectivity index (χ1n) is 6.76. The van der Waals surface area contributed by atoms with Crippen LogP contribution in [0.1, 0.15) is 19.8 Å². The van der Waals surface area contributed by atoms with Crippen LogP contribution in [0.25, 0.3) is 0 Å². The summed E-state index contributed by atoms with van der Waals surface area (Å²) in [5.74, 6) is -5.78. The molecule has 0 aromatic heterocycles. The average Bonchev–Trinajstić information content (AvgIpc) is 2.81. The lowest BCUT2D eigenvalue weighted by Gasteiger charge is -2.23. The fourth-order valence-electron chi connectivity index (χ4n) is 2.39. The topological polar surface area (TPSA) is 69.6 Å². The Labute approximate surface area is 127 Å². The number of halogens is 6. The van der Waals surface area contributed by atoms with Crippen molar-refractivity contribution in [1.82, 2.24) is 10.2 Å². The van der Waals surface area contributed by atoms with Gasteiger partial charge in [-0.05, 0) is 6.42 Å². The molecule has 0 aromatic carbocycles. The zero-order chi connectivity index (χ0) is 18.0. The van der Waals surface area contributed by atoms with E-state index < -0.39 is 61.7 Å². The number of nitrogens with zero attached hydrogens (tertiary/aromatic N) is 1. The number of alkyl halides is 6. The minimum atomic E-state index is -4.81. The molecule has 0 aromatic rings. The Balaban J connectivity index is 2.75. The number of hydrogen-bond acceptors (Lipinski definition) is 2. The van der Waals surface area contributed by atoms with Crippen molar-refractivity contribution < 1.29 is 41.0 Å². The van der Waals surface area contributed by atoms with Crippen LogP contribution in [0.4, 0.5) is 31.1 Å². The molecule has 1 saturated heterocycles. The van der Waals surface area contributed by atoms with Crippen molar-refractivity contribution in [3.8, 4) is 0 Å². The molecule has 0 spiro atoms. The van der Waals surface area contributed by atoms with Gasteiger partial charge in [-0.15, -0.1) is 0 Å². The molecular weight excluding hydrogens is 334 g/mol. The number of carbonyl (C=O) groups is 2. The van der Waals surface area contributed by atoms with Crippen LogP contribution in [0.2, 0.25) is 0 Å². The first-order valence-corrected chi connectivity index (χ1v) is 6.76. The van der Waals surface area contributed by atoms with E-state index in [0.29, 0.717) is 4.90 Å². The molecule has 0 bridgehead atoms. The molecule has 1 aliphatic rings. The molecule has 23 heavy (non-hydrogen) atoms. The molecule has 0 radical (unpaired) electrons. The molecule has 1 unspecified atom stereocenters. The molecule has 134 valence electrons. The SMILES string of the molecule is CCC(CC(F)(F)F)NC(=O)N1C[C@@H](C(F)(F)F)[C@H](C(=O)O)C1. The molecular formula is C12H16F6N2O3. The predicted molar refractivity (Wildman–Crippen MR) is 65.5 cm³/mol. The summed E-state index contributed by atoms with van der Waals surface area (Å²) in [6, 6.07) is -2.41. The number of carboxylic acids is 1. The Bertz CT molecular complexity index is 451. The van der Waals surface area contributed by atoms with Crippen molar-refractivity contribution in [1.29, 1.82) is 0 Å². The summed E-state index contributed by atoms with van der Waals surface area (Å²) >= 11 is 0. The van der Waals surface area contributed by atoms with Crippen molar-refractivity contribution in [2.75, 3.05) is 13.1 Å². The van der Waals surface area contributed by atoms with Gasteiger partial charge in [0, 0.05) is 19.1 Å². The molecule has 1 fully saturated rings. The number of carboxylic acid groups (broad SMARTS) is 1. The van der Waals surface area contributed by atoms with Crippen LogP contribution in [0.5, 0.6) is 0 Å². The molecule has 0 saturated carbocycles. The minimum absolute atomic E-state index is 0.0653. The monoisotopic (exact) mass is 350 g/mol. The summed E-state index contributed by atoms with van der Waals surface area (Å²) in [4.78, 5) is 23.3. The van der Waals surface area contributed by atoms with Gasteiger partial charge in [-0.25, -0.2) is 4.79 Å². The minimum Gasteiger partial charge on any atom is -0.481 e. The van der Waals surface area contributed by atoms with E-state index in [1.54, 1.807) is 0 Å². The number of rotatable bonds is 4. The lowest BCUT2D eigenvalue weighted by atomic mass is 9.96. The Kier molecular flexibility index (Phi) is 5.75. The smallest absolute Gasteiger partial charge is 0.394 e. The average molecular weight is 350 g/mol. The number of hydrogen-bond donors (Lipinski definition) is 2. The van der Waals surface area contributed by atoms with Crippen LogP contribution in [0.15, 0.2) is 0 Å². The lowest BCUT2D eigenvalue weighted by molar-refractivity contribution is -0.187. The number of carbonyl (C=O) groups excluding carboxylic acids is 1. The van der Waals surface area contributed by atoms with E-state index in [2.05, 4.69) is 0 Å². The molecule has 2 amide bonds. The van der Waals surface area contributed by atoms with Gasteiger partial charge in [-0.1, -0.05) is 6.92 Å². The Morgan fingerprint density at radius 2 is 1.78 bits per heavy atom. The van der Waals surface area contributed by atoms with Crippen LogP contribution in [0, 0.1) is 11.8 Å². The van der Waals surface area contributed by atoms with Crippen LogP contribution >= 0.6 is 0 Å². The van der Waals surface area contributed by atoms with Gasteiger partial charge in [0.2, 0.25) is 0 Å². The maximum atomic E-state index is 12.8. The van der Waals surface area contributed by atoms with Crippen LogP contribution < -0.4 is 5.32 Å². The third-order valence-electron chi connectivity index (χ3n) is 3.64. The highest BCUT2D eigenvalue weighted by Gasteiger charge is 2.53. The van der Waals surface area contributed by atoms with Crippen LogP contribution in [0.3, 0.4) is 0 Å². The van der Waals surface area contributed by atoms with Crippen molar-refractivity contribution in [3.05, 3.63) is 0 Å². The van der Waals surface area contributed by atoms with E-state index in [1.165, 1.54) is 6.92 Å². The normalized spacial score (nSPS) is 23.7. The van der Waals surface area contributed by atoms with Gasteiger partial charge >= 0.3 is 24.4 Å². The quantitative estimate of drug-likeness (QED) is 0.766. The van der Waals surface area contributed by atoms with E-state index in [-0.39, 0.29) is 6.42 Å². The summed E-state index contributed by atoms with van der Waals surface area (Å²) < 4.78 is 75.3. The van der Waals surface area contributed by atoms with E-state index in [1.807, 2.05) is 5.32 Å². The maximum absolute atomic E-state index is 12.8. The zero-order valence-electron chi connectivity index (χ0n) is 12.0. The summed E-state index contributed by atoms with van der Waals surface area (Å²) in [7, 11) is 0. The highest BCUT2D eigenvalue weighted by molar-refractivity contribution is 5.78. The first-order chi connectivity index (χ1) is 10.3. The number of urea groups is 1. The van der Waals surface area contributed by atoms with Crippen LogP contribution in [-0.2, 0) is 4.79 Å². The molecule has 0 aliphatic carbocycles. The second-order valence-electron chi connectivity index (χ2n) is 5.37. The van der Waals surface area contributed by atoms with Gasteiger partial charge in [0.15, 0.2) is 0 Å². The fraction of sp³-hybridized carbons (Fsp3) is 0.833. The van der Waals surface area contributed by atoms with E-state index in [0.717, 1.165) is 0 Å². The zero-order valence-corrected chi connectivity index (χ0v) is 12.0. The van der Waals surface area contributed by atoms with Gasteiger partial charge in [-0.2, -0.15) is 26.3 Å². The third kappa shape index (κ3) is 5.47. The number of amides is 2. The highest BCUT2D eigenvalue weighted by Crippen LogP contribution is 2.37. The van der Waals surface area contributed by atoms with Gasteiger partial charge in [0.25, 0.3) is 0 Å². The van der Waals surface area contributed by atoms with Crippen molar-refractivity contribution in [2.45, 2.75) is 38.2 Å². The summed E-state index contributed by atoms with van der Waals surface area (Å²) in [5, 5.41) is 10.8. The van der Waals surface area contributed by atoms with E-state index in [4.69, 9.17) is 5.11 Å².